The van der Waals surface area contributed by atoms with Crippen molar-refractivity contribution in [3.63, 3.8) is 0 Å². The van der Waals surface area contributed by atoms with Crippen molar-refractivity contribution in [3.8, 4) is 0 Å². The molecule has 0 N–H and O–H groups in total. The second kappa shape index (κ2) is 7.00. The van der Waals surface area contributed by atoms with Gasteiger partial charge in [0.05, 0.1) is 6.04 Å². The molecule has 1 aliphatic heterocycles. The van der Waals surface area contributed by atoms with Gasteiger partial charge in [0.2, 0.25) is 0 Å². The van der Waals surface area contributed by atoms with E-state index in [0.717, 1.165) is 18.7 Å². The van der Waals surface area contributed by atoms with E-state index in [9.17, 15) is 13.2 Å². The molecule has 2 heterocycles. The van der Waals surface area contributed by atoms with Gasteiger partial charge in [-0.25, -0.2) is 13.2 Å². The maximum Gasteiger partial charge on any atom is 0.131 e. The summed E-state index contributed by atoms with van der Waals surface area (Å²) in [7, 11) is 0. The molecule has 2 aromatic carbocycles. The number of halogens is 3. The largest absolute Gasteiger partial charge is 0.350 e. The van der Waals surface area contributed by atoms with Crippen LogP contribution in [0, 0.1) is 17.5 Å². The summed E-state index contributed by atoms with van der Waals surface area (Å²) >= 11 is 0. The van der Waals surface area contributed by atoms with Crippen LogP contribution < -0.4 is 0 Å². The first-order valence-electron chi connectivity index (χ1n) is 8.71. The van der Waals surface area contributed by atoms with Gasteiger partial charge in [0.25, 0.3) is 0 Å². The lowest BCUT2D eigenvalue weighted by Gasteiger charge is -2.31. The van der Waals surface area contributed by atoms with Gasteiger partial charge in [0, 0.05) is 42.7 Å². The van der Waals surface area contributed by atoms with Gasteiger partial charge in [-0.1, -0.05) is 24.3 Å². The number of rotatable bonds is 3. The summed E-state index contributed by atoms with van der Waals surface area (Å²) in [4.78, 5) is 1.96. The fourth-order valence-corrected chi connectivity index (χ4v) is 3.76. The monoisotopic (exact) mass is 356 g/mol. The molecule has 1 aliphatic rings. The minimum Gasteiger partial charge on any atom is -0.350 e. The molecule has 1 atom stereocenters. The van der Waals surface area contributed by atoms with Crippen molar-refractivity contribution >= 4 is 0 Å². The van der Waals surface area contributed by atoms with E-state index in [0.29, 0.717) is 12.1 Å². The van der Waals surface area contributed by atoms with Crippen LogP contribution in [-0.2, 0) is 13.1 Å². The van der Waals surface area contributed by atoms with Gasteiger partial charge in [-0.2, -0.15) is 0 Å². The van der Waals surface area contributed by atoms with Crippen LogP contribution in [0.3, 0.4) is 0 Å². The number of benzene rings is 2. The smallest absolute Gasteiger partial charge is 0.131 e. The van der Waals surface area contributed by atoms with Crippen LogP contribution in [0.15, 0.2) is 60.8 Å². The molecule has 26 heavy (non-hydrogen) atoms. The summed E-state index contributed by atoms with van der Waals surface area (Å²) in [5, 5.41) is 0. The summed E-state index contributed by atoms with van der Waals surface area (Å²) in [6, 6.07) is 13.6. The number of aryl methyl sites for hydroxylation is 1. The number of hydrogen-bond donors (Lipinski definition) is 0. The van der Waals surface area contributed by atoms with Crippen molar-refractivity contribution in [2.45, 2.75) is 25.6 Å². The predicted molar refractivity (Wildman–Crippen MR) is 94.1 cm³/mol. The normalized spacial score (nSPS) is 17.7. The van der Waals surface area contributed by atoms with Crippen LogP contribution in [0.4, 0.5) is 13.2 Å². The number of nitrogens with zero attached hydrogens (tertiary/aromatic N) is 2. The zero-order valence-electron chi connectivity index (χ0n) is 14.2. The maximum absolute atomic E-state index is 14.6. The van der Waals surface area contributed by atoms with Gasteiger partial charge in [-0.3, -0.25) is 4.90 Å². The summed E-state index contributed by atoms with van der Waals surface area (Å²) in [6.07, 6.45) is 2.75. The van der Waals surface area contributed by atoms with Gasteiger partial charge in [-0.05, 0) is 36.8 Å². The molecule has 1 aromatic heterocycles. The molecule has 0 bridgehead atoms. The van der Waals surface area contributed by atoms with Crippen LogP contribution in [0.5, 0.6) is 0 Å². The molecule has 4 rings (SSSR count). The third-order valence-corrected chi connectivity index (χ3v) is 4.96. The molecule has 0 radical (unpaired) electrons. The van der Waals surface area contributed by atoms with E-state index >= 15 is 0 Å². The van der Waals surface area contributed by atoms with Gasteiger partial charge in [-0.15, -0.1) is 0 Å². The fraction of sp³-hybridized carbons (Fsp3) is 0.238. The van der Waals surface area contributed by atoms with Crippen molar-refractivity contribution in [1.82, 2.24) is 9.47 Å². The molecule has 0 unspecified atom stereocenters. The molecule has 0 spiro atoms. The van der Waals surface area contributed by atoms with E-state index in [-0.39, 0.29) is 17.9 Å². The first-order valence-corrected chi connectivity index (χ1v) is 8.71. The van der Waals surface area contributed by atoms with Gasteiger partial charge in [0.1, 0.15) is 17.5 Å². The van der Waals surface area contributed by atoms with E-state index in [1.165, 1.54) is 24.3 Å². The molecule has 0 saturated heterocycles. The minimum absolute atomic E-state index is 0.0192. The van der Waals surface area contributed by atoms with Crippen molar-refractivity contribution < 1.29 is 13.2 Å². The number of aromatic nitrogens is 1. The lowest BCUT2D eigenvalue weighted by molar-refractivity contribution is 0.209. The van der Waals surface area contributed by atoms with Crippen LogP contribution in [0.1, 0.15) is 29.3 Å². The highest BCUT2D eigenvalue weighted by Gasteiger charge is 2.32. The Balaban J connectivity index is 1.82. The van der Waals surface area contributed by atoms with Gasteiger partial charge >= 0.3 is 0 Å². The SMILES string of the molecule is Fc1ccccc1CN1CCCn2cccc2[C@H]1c1c(F)cccc1F. The first kappa shape index (κ1) is 16.9. The van der Waals surface area contributed by atoms with E-state index < -0.39 is 17.7 Å². The zero-order chi connectivity index (χ0) is 18.1. The summed E-state index contributed by atoms with van der Waals surface area (Å²) < 4.78 is 45.4. The Kier molecular flexibility index (Phi) is 4.55. The molecule has 0 aliphatic carbocycles. The van der Waals surface area contributed by atoms with E-state index in [2.05, 4.69) is 0 Å². The Morgan fingerprint density at radius 2 is 1.54 bits per heavy atom. The summed E-state index contributed by atoms with van der Waals surface area (Å²) in [5.74, 6) is -1.47. The van der Waals surface area contributed by atoms with Crippen LogP contribution in [0.25, 0.3) is 0 Å². The minimum atomic E-state index is -0.603. The average Bonchev–Trinajstić information content (AvgIpc) is 3.01. The van der Waals surface area contributed by atoms with E-state index in [4.69, 9.17) is 0 Å². The maximum atomic E-state index is 14.6. The number of fused-ring (bicyclic) bond motifs is 1. The molecule has 0 saturated carbocycles. The predicted octanol–water partition coefficient (Wildman–Crippen LogP) is 4.90. The zero-order valence-corrected chi connectivity index (χ0v) is 14.2. The Labute approximate surface area is 150 Å². The third-order valence-electron chi connectivity index (χ3n) is 4.96. The summed E-state index contributed by atoms with van der Waals surface area (Å²) in [6.45, 7) is 1.67. The molecule has 3 aromatic rings. The van der Waals surface area contributed by atoms with Crippen LogP contribution >= 0.6 is 0 Å². The Morgan fingerprint density at radius 1 is 0.808 bits per heavy atom. The molecule has 0 fully saturated rings. The Morgan fingerprint density at radius 3 is 2.31 bits per heavy atom. The average molecular weight is 356 g/mol. The van der Waals surface area contributed by atoms with Crippen molar-refractivity contribution in [1.29, 1.82) is 0 Å². The van der Waals surface area contributed by atoms with Crippen LogP contribution in [-0.4, -0.2) is 16.0 Å². The van der Waals surface area contributed by atoms with Crippen LogP contribution in [0.2, 0.25) is 0 Å². The summed E-state index contributed by atoms with van der Waals surface area (Å²) in [5.41, 5.74) is 1.36. The lowest BCUT2D eigenvalue weighted by atomic mass is 9.99. The molecular formula is C21H19F3N2. The standard InChI is InChI=1S/C21H19F3N2/c22-16-7-2-1-6-15(16)14-26-13-5-12-25-11-4-10-19(25)21(26)20-17(23)8-3-9-18(20)24/h1-4,6-11,21H,5,12-14H2/t21-/m0/s1. The molecule has 0 amide bonds. The third kappa shape index (κ3) is 3.03. The number of hydrogen-bond acceptors (Lipinski definition) is 1. The molecule has 134 valence electrons. The second-order valence-electron chi connectivity index (χ2n) is 6.58. The van der Waals surface area contributed by atoms with Crippen molar-refractivity contribution in [2.24, 2.45) is 0 Å². The lowest BCUT2D eigenvalue weighted by Crippen LogP contribution is -2.31. The van der Waals surface area contributed by atoms with Gasteiger partial charge in [0.15, 0.2) is 0 Å². The Hall–Kier alpha value is -2.53. The fourth-order valence-electron chi connectivity index (χ4n) is 3.76. The first-order chi connectivity index (χ1) is 12.6. The molecular weight excluding hydrogens is 337 g/mol. The molecule has 5 heteroatoms. The quantitative estimate of drug-likeness (QED) is 0.648. The topological polar surface area (TPSA) is 8.17 Å². The highest BCUT2D eigenvalue weighted by atomic mass is 19.1. The van der Waals surface area contributed by atoms with E-state index in [1.807, 2.05) is 27.8 Å². The van der Waals surface area contributed by atoms with E-state index in [1.54, 1.807) is 18.2 Å². The highest BCUT2D eigenvalue weighted by molar-refractivity contribution is 5.32. The van der Waals surface area contributed by atoms with Crippen molar-refractivity contribution in [3.05, 3.63) is 95.1 Å². The Bertz CT molecular complexity index is 899. The van der Waals surface area contributed by atoms with Crippen molar-refractivity contribution in [2.75, 3.05) is 6.54 Å². The highest BCUT2D eigenvalue weighted by Crippen LogP contribution is 2.35. The second-order valence-corrected chi connectivity index (χ2v) is 6.58. The molecule has 2 nitrogen and oxygen atoms in total. The van der Waals surface area contributed by atoms with Gasteiger partial charge < -0.3 is 4.57 Å².